The van der Waals surface area contributed by atoms with Crippen LogP contribution in [0.15, 0.2) is 35.3 Å². The molecule has 6 nitrogen and oxygen atoms in total. The predicted molar refractivity (Wildman–Crippen MR) is 98.4 cm³/mol. The Morgan fingerprint density at radius 3 is 2.67 bits per heavy atom. The van der Waals surface area contributed by atoms with Crippen molar-refractivity contribution in [1.29, 1.82) is 0 Å². The summed E-state index contributed by atoms with van der Waals surface area (Å²) >= 11 is 0. The molecule has 0 spiro atoms. The standard InChI is InChI=1S/C18H29N5O/c1-3-23-13-7-10-16(23)14-22-18(19-2)21-12-11-20-17(24)15-8-5-4-6-9-15/h4-6,8-9,16H,3,7,10-14H2,1-2H3,(H,20,24)(H2,19,21,22). The van der Waals surface area contributed by atoms with E-state index in [0.717, 1.165) is 19.0 Å². The van der Waals surface area contributed by atoms with Crippen LogP contribution < -0.4 is 16.0 Å². The first-order chi connectivity index (χ1) is 11.7. The number of likely N-dealkylation sites (tertiary alicyclic amines) is 1. The lowest BCUT2D eigenvalue weighted by atomic mass is 10.2. The van der Waals surface area contributed by atoms with E-state index in [4.69, 9.17) is 0 Å². The van der Waals surface area contributed by atoms with Crippen LogP contribution in [0, 0.1) is 0 Å². The first-order valence-corrected chi connectivity index (χ1v) is 8.76. The van der Waals surface area contributed by atoms with Gasteiger partial charge < -0.3 is 16.0 Å². The molecule has 24 heavy (non-hydrogen) atoms. The number of nitrogens with one attached hydrogen (secondary N) is 3. The minimum Gasteiger partial charge on any atom is -0.355 e. The molecule has 1 saturated heterocycles. The maximum atomic E-state index is 11.9. The second-order valence-electron chi connectivity index (χ2n) is 5.93. The first kappa shape index (κ1) is 18.3. The van der Waals surface area contributed by atoms with Crippen LogP contribution in [0.5, 0.6) is 0 Å². The van der Waals surface area contributed by atoms with Crippen molar-refractivity contribution in [3.05, 3.63) is 35.9 Å². The largest absolute Gasteiger partial charge is 0.355 e. The number of hydrogen-bond acceptors (Lipinski definition) is 3. The molecule has 2 rings (SSSR count). The normalized spacial score (nSPS) is 18.4. The van der Waals surface area contributed by atoms with E-state index in [9.17, 15) is 4.79 Å². The van der Waals surface area contributed by atoms with Crippen molar-refractivity contribution in [2.24, 2.45) is 4.99 Å². The molecule has 3 N–H and O–H groups in total. The van der Waals surface area contributed by atoms with Gasteiger partial charge in [-0.15, -0.1) is 0 Å². The van der Waals surface area contributed by atoms with E-state index < -0.39 is 0 Å². The van der Waals surface area contributed by atoms with Gasteiger partial charge in [-0.25, -0.2) is 0 Å². The molecule has 0 aliphatic carbocycles. The molecule has 1 aromatic rings. The summed E-state index contributed by atoms with van der Waals surface area (Å²) in [5.74, 6) is 0.733. The molecule has 0 radical (unpaired) electrons. The quantitative estimate of drug-likeness (QED) is 0.397. The Balaban J connectivity index is 1.64. The molecule has 0 saturated carbocycles. The van der Waals surface area contributed by atoms with E-state index in [2.05, 4.69) is 32.8 Å². The monoisotopic (exact) mass is 331 g/mol. The third-order valence-electron chi connectivity index (χ3n) is 4.37. The molecule has 0 bridgehead atoms. The molecule has 1 unspecified atom stereocenters. The van der Waals surface area contributed by atoms with Crippen molar-refractivity contribution in [3.8, 4) is 0 Å². The lowest BCUT2D eigenvalue weighted by Gasteiger charge is -2.24. The van der Waals surface area contributed by atoms with E-state index in [-0.39, 0.29) is 5.91 Å². The highest BCUT2D eigenvalue weighted by Crippen LogP contribution is 2.15. The Labute approximate surface area is 144 Å². The maximum Gasteiger partial charge on any atom is 0.251 e. The number of hydrogen-bond donors (Lipinski definition) is 3. The zero-order chi connectivity index (χ0) is 17.2. The summed E-state index contributed by atoms with van der Waals surface area (Å²) in [7, 11) is 1.77. The molecule has 132 valence electrons. The van der Waals surface area contributed by atoms with Gasteiger partial charge in [-0.2, -0.15) is 0 Å². The summed E-state index contributed by atoms with van der Waals surface area (Å²) in [6.45, 7) is 6.61. The Kier molecular flexibility index (Phi) is 7.55. The van der Waals surface area contributed by atoms with Gasteiger partial charge in [-0.1, -0.05) is 25.1 Å². The van der Waals surface area contributed by atoms with E-state index in [1.54, 1.807) is 7.05 Å². The summed E-state index contributed by atoms with van der Waals surface area (Å²) in [5, 5.41) is 9.52. The van der Waals surface area contributed by atoms with Gasteiger partial charge in [-0.05, 0) is 38.1 Å². The summed E-state index contributed by atoms with van der Waals surface area (Å²) in [6, 6.07) is 9.83. The number of guanidine groups is 1. The van der Waals surface area contributed by atoms with Gasteiger partial charge in [0.2, 0.25) is 0 Å². The van der Waals surface area contributed by atoms with Gasteiger partial charge in [0.15, 0.2) is 5.96 Å². The smallest absolute Gasteiger partial charge is 0.251 e. The van der Waals surface area contributed by atoms with Gasteiger partial charge in [0, 0.05) is 38.3 Å². The highest BCUT2D eigenvalue weighted by molar-refractivity contribution is 5.94. The third kappa shape index (κ3) is 5.53. The van der Waals surface area contributed by atoms with E-state index in [1.807, 2.05) is 30.3 Å². The highest BCUT2D eigenvalue weighted by Gasteiger charge is 2.22. The molecule has 1 heterocycles. The molecule has 0 aromatic heterocycles. The topological polar surface area (TPSA) is 68.8 Å². The Hall–Kier alpha value is -2.08. The van der Waals surface area contributed by atoms with Crippen LogP contribution in [0.2, 0.25) is 0 Å². The number of nitrogens with zero attached hydrogens (tertiary/aromatic N) is 2. The minimum atomic E-state index is -0.0510. The van der Waals surface area contributed by atoms with Crippen LogP contribution in [0.25, 0.3) is 0 Å². The molecule has 1 atom stereocenters. The van der Waals surface area contributed by atoms with Crippen molar-refractivity contribution in [2.75, 3.05) is 39.8 Å². The van der Waals surface area contributed by atoms with Crippen LogP contribution in [-0.4, -0.2) is 62.6 Å². The molecule has 6 heteroatoms. The fourth-order valence-electron chi connectivity index (χ4n) is 3.03. The van der Waals surface area contributed by atoms with Gasteiger partial charge in [0.05, 0.1) is 0 Å². The fraction of sp³-hybridized carbons (Fsp3) is 0.556. The summed E-state index contributed by atoms with van der Waals surface area (Å²) in [4.78, 5) is 18.7. The molecule has 1 aliphatic heterocycles. The second kappa shape index (κ2) is 9.93. The van der Waals surface area contributed by atoms with Crippen molar-refractivity contribution >= 4 is 11.9 Å². The Morgan fingerprint density at radius 1 is 1.21 bits per heavy atom. The maximum absolute atomic E-state index is 11.9. The number of rotatable bonds is 7. The van der Waals surface area contributed by atoms with Crippen molar-refractivity contribution in [1.82, 2.24) is 20.9 Å². The van der Waals surface area contributed by atoms with Crippen molar-refractivity contribution in [2.45, 2.75) is 25.8 Å². The lowest BCUT2D eigenvalue weighted by molar-refractivity contribution is 0.0954. The lowest BCUT2D eigenvalue weighted by Crippen LogP contribution is -2.46. The number of carbonyl (C=O) groups excluding carboxylic acids is 1. The van der Waals surface area contributed by atoms with Crippen LogP contribution in [-0.2, 0) is 0 Å². The SMILES string of the molecule is CCN1CCCC1CNC(=NC)NCCNC(=O)c1ccccc1. The predicted octanol–water partition coefficient (Wildman–Crippen LogP) is 1.07. The molecule has 1 aromatic carbocycles. The molecule has 1 aliphatic rings. The summed E-state index contributed by atoms with van der Waals surface area (Å²) in [6.07, 6.45) is 2.52. The summed E-state index contributed by atoms with van der Waals surface area (Å²) < 4.78 is 0. The number of likely N-dealkylation sites (N-methyl/N-ethyl adjacent to an activating group) is 1. The zero-order valence-corrected chi connectivity index (χ0v) is 14.7. The molecular weight excluding hydrogens is 302 g/mol. The Bertz CT molecular complexity index is 531. The highest BCUT2D eigenvalue weighted by atomic mass is 16.1. The number of carbonyl (C=O) groups is 1. The molecule has 1 fully saturated rings. The van der Waals surface area contributed by atoms with Crippen molar-refractivity contribution in [3.63, 3.8) is 0 Å². The average Bonchev–Trinajstić information content (AvgIpc) is 3.09. The third-order valence-corrected chi connectivity index (χ3v) is 4.37. The van der Waals surface area contributed by atoms with E-state index in [0.29, 0.717) is 24.7 Å². The van der Waals surface area contributed by atoms with Gasteiger partial charge in [0.1, 0.15) is 0 Å². The average molecular weight is 331 g/mol. The van der Waals surface area contributed by atoms with Crippen LogP contribution in [0.3, 0.4) is 0 Å². The van der Waals surface area contributed by atoms with E-state index >= 15 is 0 Å². The molecule has 1 amide bonds. The minimum absolute atomic E-state index is 0.0510. The van der Waals surface area contributed by atoms with Crippen molar-refractivity contribution < 1.29 is 4.79 Å². The van der Waals surface area contributed by atoms with Crippen LogP contribution >= 0.6 is 0 Å². The summed E-state index contributed by atoms with van der Waals surface area (Å²) in [5.41, 5.74) is 0.681. The van der Waals surface area contributed by atoms with Gasteiger partial charge in [-0.3, -0.25) is 14.7 Å². The zero-order valence-electron chi connectivity index (χ0n) is 14.7. The Morgan fingerprint density at radius 2 is 1.96 bits per heavy atom. The first-order valence-electron chi connectivity index (χ1n) is 8.76. The van der Waals surface area contributed by atoms with Crippen LogP contribution in [0.4, 0.5) is 0 Å². The number of amides is 1. The molecular formula is C18H29N5O. The van der Waals surface area contributed by atoms with Crippen LogP contribution in [0.1, 0.15) is 30.1 Å². The number of benzene rings is 1. The second-order valence-corrected chi connectivity index (χ2v) is 5.93. The van der Waals surface area contributed by atoms with Gasteiger partial charge >= 0.3 is 0 Å². The van der Waals surface area contributed by atoms with E-state index in [1.165, 1.54) is 19.4 Å². The number of aliphatic imine (C=N–C) groups is 1. The fourth-order valence-corrected chi connectivity index (χ4v) is 3.03. The van der Waals surface area contributed by atoms with Gasteiger partial charge in [0.25, 0.3) is 5.91 Å².